The van der Waals surface area contributed by atoms with Crippen LogP contribution in [-0.2, 0) is 67.6 Å². The molecule has 0 unspecified atom stereocenters. The fourth-order valence-corrected chi connectivity index (χ4v) is 6.26. The third-order valence-corrected chi connectivity index (χ3v) is 11.0. The molecule has 0 saturated heterocycles. The van der Waals surface area contributed by atoms with Crippen molar-refractivity contribution in [3.05, 3.63) is 211 Å². The Kier molecular flexibility index (Phi) is 29.5. The molecule has 0 aliphatic carbocycles. The number of aryl methyl sites for hydroxylation is 10. The number of nitrogens with zero attached hydrogens (tertiary/aromatic N) is 7. The Morgan fingerprint density at radius 1 is 0.403 bits per heavy atom. The molecule has 0 saturated carbocycles. The Morgan fingerprint density at radius 2 is 0.731 bits per heavy atom. The summed E-state index contributed by atoms with van der Waals surface area (Å²) in [6.45, 7) is 22.0. The van der Waals surface area contributed by atoms with Crippen LogP contribution < -0.4 is 32.0 Å². The van der Waals surface area contributed by atoms with Crippen LogP contribution in [-0.4, -0.2) is 0 Å². The molecular formula is C60H92N7+7. The van der Waals surface area contributed by atoms with Gasteiger partial charge in [-0.2, -0.15) is 0 Å². The minimum atomic E-state index is 0.272. The van der Waals surface area contributed by atoms with Gasteiger partial charge < -0.3 is 0 Å². The molecule has 0 aliphatic heterocycles. The lowest BCUT2D eigenvalue weighted by molar-refractivity contribution is -0.671. The van der Waals surface area contributed by atoms with Crippen molar-refractivity contribution in [3.8, 4) is 0 Å². The number of pyridine rings is 7. The normalized spacial score (nSPS) is 10.1. The van der Waals surface area contributed by atoms with Crippen LogP contribution in [0.1, 0.15) is 127 Å². The van der Waals surface area contributed by atoms with Gasteiger partial charge in [0.2, 0.25) is 0 Å². The molecule has 0 spiro atoms. The zero-order valence-electron chi connectivity index (χ0n) is 45.1. The minimum Gasteiger partial charge on any atom is -0.208 e. The quantitative estimate of drug-likeness (QED) is 0.143. The highest BCUT2D eigenvalue weighted by Gasteiger charge is 2.13. The van der Waals surface area contributed by atoms with Crippen molar-refractivity contribution in [2.24, 2.45) is 49.3 Å². The van der Waals surface area contributed by atoms with Gasteiger partial charge in [-0.05, 0) is 83.2 Å². The van der Waals surface area contributed by atoms with E-state index >= 15 is 0 Å². The average Bonchev–Trinajstić information content (AvgIpc) is 3.31. The van der Waals surface area contributed by atoms with Crippen LogP contribution >= 0.6 is 0 Å². The van der Waals surface area contributed by atoms with Crippen LogP contribution in [0.5, 0.6) is 0 Å². The second-order valence-electron chi connectivity index (χ2n) is 18.7. The number of aromatic nitrogens is 7. The van der Waals surface area contributed by atoms with Gasteiger partial charge in [0.15, 0.2) is 86.8 Å². The second kappa shape index (κ2) is 33.5. The van der Waals surface area contributed by atoms with E-state index in [1.54, 1.807) is 0 Å². The Bertz CT molecular complexity index is 2220. The molecule has 0 N–H and O–H groups in total. The van der Waals surface area contributed by atoms with Crippen molar-refractivity contribution in [1.82, 2.24) is 0 Å². The first-order valence-corrected chi connectivity index (χ1v) is 24.4. The summed E-state index contributed by atoms with van der Waals surface area (Å²) in [6, 6.07) is 31.9. The maximum absolute atomic E-state index is 2.25. The molecule has 7 rings (SSSR count). The molecule has 7 nitrogen and oxygen atoms in total. The summed E-state index contributed by atoms with van der Waals surface area (Å²) in [6.07, 6.45) is 35.0. The number of rotatable bonds is 7. The summed E-state index contributed by atoms with van der Waals surface area (Å²) in [5, 5.41) is 0. The summed E-state index contributed by atoms with van der Waals surface area (Å²) in [7, 11) is 14.2. The van der Waals surface area contributed by atoms with Gasteiger partial charge in [0, 0.05) is 84.9 Å². The van der Waals surface area contributed by atoms with Gasteiger partial charge in [-0.15, -0.1) is 0 Å². The first-order valence-electron chi connectivity index (χ1n) is 24.4. The molecule has 7 heteroatoms. The molecule has 0 radical (unpaired) electrons. The summed E-state index contributed by atoms with van der Waals surface area (Å²) in [5.41, 5.74) is 8.66. The minimum absolute atomic E-state index is 0.272. The van der Waals surface area contributed by atoms with Crippen LogP contribution in [0, 0.1) is 6.92 Å². The van der Waals surface area contributed by atoms with Gasteiger partial charge in [-0.1, -0.05) is 74.8 Å². The lowest BCUT2D eigenvalue weighted by Gasteiger charge is -2.17. The molecule has 0 aromatic carbocycles. The maximum atomic E-state index is 2.25. The molecule has 0 bridgehead atoms. The zero-order chi connectivity index (χ0) is 50.2. The molecule has 7 aromatic rings. The monoisotopic (exact) mass is 911 g/mol. The molecule has 0 amide bonds. The lowest BCUT2D eigenvalue weighted by atomic mass is 9.88. The summed E-state index contributed by atoms with van der Waals surface area (Å²) >= 11 is 0. The first-order chi connectivity index (χ1) is 31.8. The van der Waals surface area contributed by atoms with Crippen LogP contribution in [0.25, 0.3) is 0 Å². The van der Waals surface area contributed by atoms with Crippen LogP contribution in [0.3, 0.4) is 0 Å². The van der Waals surface area contributed by atoms with E-state index < -0.39 is 0 Å². The van der Waals surface area contributed by atoms with Gasteiger partial charge in [0.1, 0.15) is 49.3 Å². The van der Waals surface area contributed by atoms with E-state index in [0.717, 1.165) is 12.3 Å². The molecule has 0 aliphatic rings. The predicted molar refractivity (Wildman–Crippen MR) is 278 cm³/mol. The van der Waals surface area contributed by atoms with Crippen molar-refractivity contribution in [1.29, 1.82) is 0 Å². The smallest absolute Gasteiger partial charge is 0.168 e. The average molecular weight is 911 g/mol. The third-order valence-electron chi connectivity index (χ3n) is 11.0. The lowest BCUT2D eigenvalue weighted by Crippen LogP contribution is -2.27. The molecule has 0 fully saturated rings. The summed E-state index contributed by atoms with van der Waals surface area (Å²) in [5.74, 6) is 1.38. The fourth-order valence-electron chi connectivity index (χ4n) is 6.26. The molecule has 360 valence electrons. The Morgan fingerprint density at radius 3 is 1.03 bits per heavy atom. The van der Waals surface area contributed by atoms with Crippen molar-refractivity contribution >= 4 is 0 Å². The van der Waals surface area contributed by atoms with Gasteiger partial charge in [-0.25, -0.2) is 32.0 Å². The molecule has 7 aromatic heterocycles. The van der Waals surface area contributed by atoms with E-state index in [2.05, 4.69) is 225 Å². The van der Waals surface area contributed by atoms with Crippen LogP contribution in [0.15, 0.2) is 178 Å². The second-order valence-corrected chi connectivity index (χ2v) is 18.7. The van der Waals surface area contributed by atoms with E-state index in [-0.39, 0.29) is 5.41 Å². The van der Waals surface area contributed by atoms with Gasteiger partial charge in [-0.3, -0.25) is 0 Å². The standard InChI is InChI=1S/C11H18N.C10H16N.2C9H14N.C8H12N.C7H10N.C6H8N/c1-4-10(5-2)11-6-8-12(3)9-7-11;1-10(2,3)9-5-7-11(4)8-6-9;1-8(2)9-4-6-10(3)7-5-9;1-3-4-9-5-7-10(2)8-6-9;1-3-8-4-6-9(2)7-5-8;1-7-3-5-8(2)6-4-7;1-7-5-3-2-4-6-7/h6-10H,4-5H2,1-3H3;5-8H,1-4H3;4-8H,1-3H3;5-8H,3-4H2,1-2H3;4-7H,3H2,1-2H3;3-6H,1-2H3;2-6H,1H3/q7*+1. The Balaban J connectivity index is 0.000000393. The van der Waals surface area contributed by atoms with E-state index in [9.17, 15) is 0 Å². The highest BCUT2D eigenvalue weighted by Crippen LogP contribution is 2.21. The topological polar surface area (TPSA) is 27.2 Å². The predicted octanol–water partition coefficient (Wildman–Crippen LogP) is 9.73. The third kappa shape index (κ3) is 28.0. The maximum Gasteiger partial charge on any atom is 0.168 e. The molecular weight excluding hydrogens is 819 g/mol. The van der Waals surface area contributed by atoms with Crippen molar-refractivity contribution < 1.29 is 32.0 Å². The highest BCUT2D eigenvalue weighted by molar-refractivity contribution is 5.17. The summed E-state index contributed by atoms with van der Waals surface area (Å²) < 4.78 is 14.3. The van der Waals surface area contributed by atoms with E-state index in [1.807, 2.05) is 104 Å². The van der Waals surface area contributed by atoms with Gasteiger partial charge >= 0.3 is 0 Å². The van der Waals surface area contributed by atoms with Gasteiger partial charge in [0.05, 0.1) is 0 Å². The van der Waals surface area contributed by atoms with Crippen molar-refractivity contribution in [2.45, 2.75) is 119 Å². The van der Waals surface area contributed by atoms with Gasteiger partial charge in [0.25, 0.3) is 0 Å². The van der Waals surface area contributed by atoms with E-state index in [0.29, 0.717) is 5.92 Å². The van der Waals surface area contributed by atoms with Crippen LogP contribution in [0.2, 0.25) is 0 Å². The SMILES string of the molecule is CC(C)c1cc[n+](C)cc1.CCC(CC)c1cc[n+](C)cc1.CCCc1cc[n+](C)cc1.CCc1cc[n+](C)cc1.C[n+]1ccc(C(C)(C)C)cc1.C[n+]1ccccc1.Cc1cc[n+](C)cc1. The van der Waals surface area contributed by atoms with Crippen LogP contribution in [0.4, 0.5) is 0 Å². The number of hydrogen-bond acceptors (Lipinski definition) is 0. The molecule has 0 atom stereocenters. The Labute approximate surface area is 409 Å². The summed E-state index contributed by atoms with van der Waals surface area (Å²) in [4.78, 5) is 0. The molecule has 7 heterocycles. The highest BCUT2D eigenvalue weighted by atomic mass is 14.9. The van der Waals surface area contributed by atoms with Crippen molar-refractivity contribution in [2.75, 3.05) is 0 Å². The zero-order valence-corrected chi connectivity index (χ0v) is 45.1. The number of hydrogen-bond donors (Lipinski definition) is 0. The largest absolute Gasteiger partial charge is 0.208 e. The van der Waals surface area contributed by atoms with Crippen molar-refractivity contribution in [3.63, 3.8) is 0 Å². The molecule has 67 heavy (non-hydrogen) atoms. The van der Waals surface area contributed by atoms with E-state index in [4.69, 9.17) is 0 Å². The Hall–Kier alpha value is -5.95. The first kappa shape index (κ1) is 59.1. The fraction of sp³-hybridized carbons (Fsp3) is 0.417. The van der Waals surface area contributed by atoms with E-state index in [1.165, 1.54) is 59.1 Å².